The molecule has 5 rings (SSSR count). The van der Waals surface area contributed by atoms with Crippen LogP contribution in [0, 0.1) is 29.5 Å². The Balaban J connectivity index is 1.60. The van der Waals surface area contributed by atoms with Gasteiger partial charge in [0.15, 0.2) is 0 Å². The summed E-state index contributed by atoms with van der Waals surface area (Å²) in [5, 5.41) is 0. The average Bonchev–Trinajstić information content (AvgIpc) is 3.27. The second-order valence-corrected chi connectivity index (χ2v) is 7.59. The Kier molecular flexibility index (Phi) is 3.00. The molecule has 1 aromatic carbocycles. The van der Waals surface area contributed by atoms with E-state index in [2.05, 4.69) is 0 Å². The summed E-state index contributed by atoms with van der Waals surface area (Å²) < 4.78 is 13.2. The van der Waals surface area contributed by atoms with Crippen LogP contribution in [0.2, 0.25) is 0 Å². The maximum Gasteiger partial charge on any atom is 0.238 e. The van der Waals surface area contributed by atoms with Crippen LogP contribution >= 0.6 is 0 Å². The molecule has 4 atom stereocenters. The Morgan fingerprint density at radius 2 is 1.33 bits per heavy atom. The minimum absolute atomic E-state index is 0.0630. The number of anilines is 1. The molecule has 0 aromatic heterocycles. The van der Waals surface area contributed by atoms with Crippen LogP contribution in [0.4, 0.5) is 10.1 Å². The van der Waals surface area contributed by atoms with Crippen molar-refractivity contribution in [3.63, 3.8) is 0 Å². The number of imide groups is 1. The fraction of sp³-hybridized carbons (Fsp3) is 0.500. The minimum Gasteiger partial charge on any atom is -0.274 e. The lowest BCUT2D eigenvalue weighted by Gasteiger charge is -2.34. The van der Waals surface area contributed by atoms with E-state index >= 15 is 0 Å². The van der Waals surface area contributed by atoms with Crippen LogP contribution in [0.3, 0.4) is 0 Å². The maximum atomic E-state index is 13.2. The predicted molar refractivity (Wildman–Crippen MR) is 87.6 cm³/mol. The van der Waals surface area contributed by atoms with Gasteiger partial charge in [-0.2, -0.15) is 0 Å². The van der Waals surface area contributed by atoms with Gasteiger partial charge in [0, 0.05) is 0 Å². The second kappa shape index (κ2) is 5.01. The molecule has 4 heteroatoms. The molecule has 4 aliphatic rings. The third-order valence-corrected chi connectivity index (χ3v) is 6.58. The fourth-order valence-corrected chi connectivity index (χ4v) is 5.74. The molecule has 0 radical (unpaired) electrons. The summed E-state index contributed by atoms with van der Waals surface area (Å²) in [6, 6.07) is 5.72. The van der Waals surface area contributed by atoms with Crippen molar-refractivity contribution in [2.45, 2.75) is 38.5 Å². The molecule has 3 aliphatic carbocycles. The van der Waals surface area contributed by atoms with Crippen molar-refractivity contribution in [2.24, 2.45) is 23.7 Å². The Morgan fingerprint density at radius 3 is 1.83 bits per heavy atom. The number of nitrogens with zero attached hydrogens (tertiary/aromatic N) is 1. The van der Waals surface area contributed by atoms with E-state index in [0.29, 0.717) is 5.69 Å². The summed E-state index contributed by atoms with van der Waals surface area (Å²) in [5.74, 6) is -0.326. The molecule has 3 fully saturated rings. The summed E-state index contributed by atoms with van der Waals surface area (Å²) in [4.78, 5) is 27.7. The molecule has 24 heavy (non-hydrogen) atoms. The molecule has 1 saturated heterocycles. The lowest BCUT2D eigenvalue weighted by atomic mass is 9.66. The SMILES string of the molecule is O=C1[C@@H]2[C@H](C(=O)N1c1ccc(F)cc1)[C@H]1CCCC1=C1CCC[C@@H]12. The van der Waals surface area contributed by atoms with Gasteiger partial charge >= 0.3 is 0 Å². The Bertz CT molecular complexity index is 724. The van der Waals surface area contributed by atoms with Gasteiger partial charge in [-0.1, -0.05) is 11.1 Å². The summed E-state index contributed by atoms with van der Waals surface area (Å²) in [7, 11) is 0. The number of carbonyl (C=O) groups is 2. The van der Waals surface area contributed by atoms with Crippen LogP contribution in [-0.2, 0) is 9.59 Å². The molecule has 124 valence electrons. The van der Waals surface area contributed by atoms with Crippen molar-refractivity contribution >= 4 is 17.5 Å². The number of hydrogen-bond acceptors (Lipinski definition) is 2. The van der Waals surface area contributed by atoms with Gasteiger partial charge in [-0.15, -0.1) is 0 Å². The molecular formula is C20H20FNO2. The monoisotopic (exact) mass is 325 g/mol. The van der Waals surface area contributed by atoms with Gasteiger partial charge in [0.1, 0.15) is 5.82 Å². The lowest BCUT2D eigenvalue weighted by Crippen LogP contribution is -2.35. The van der Waals surface area contributed by atoms with Gasteiger partial charge in [0.05, 0.1) is 17.5 Å². The van der Waals surface area contributed by atoms with Gasteiger partial charge in [-0.05, 0) is 74.6 Å². The summed E-state index contributed by atoms with van der Waals surface area (Å²) in [5.41, 5.74) is 3.52. The third-order valence-electron chi connectivity index (χ3n) is 6.58. The summed E-state index contributed by atoms with van der Waals surface area (Å²) in [6.45, 7) is 0. The Morgan fingerprint density at radius 1 is 0.833 bits per heavy atom. The van der Waals surface area contributed by atoms with Crippen LogP contribution in [0.1, 0.15) is 38.5 Å². The van der Waals surface area contributed by atoms with Crippen LogP contribution in [0.15, 0.2) is 35.4 Å². The Labute approximate surface area is 140 Å². The van der Waals surface area contributed by atoms with E-state index in [-0.39, 0.29) is 41.3 Å². The predicted octanol–water partition coefficient (Wildman–Crippen LogP) is 3.84. The fourth-order valence-electron chi connectivity index (χ4n) is 5.74. The minimum atomic E-state index is -0.354. The van der Waals surface area contributed by atoms with Crippen molar-refractivity contribution in [3.05, 3.63) is 41.2 Å². The zero-order valence-corrected chi connectivity index (χ0v) is 13.5. The smallest absolute Gasteiger partial charge is 0.238 e. The van der Waals surface area contributed by atoms with Gasteiger partial charge in [-0.3, -0.25) is 14.5 Å². The van der Waals surface area contributed by atoms with E-state index in [0.717, 1.165) is 38.5 Å². The zero-order chi connectivity index (χ0) is 16.4. The molecule has 2 saturated carbocycles. The normalized spacial score (nSPS) is 34.6. The van der Waals surface area contributed by atoms with Crippen LogP contribution in [0.25, 0.3) is 0 Å². The van der Waals surface area contributed by atoms with Crippen molar-refractivity contribution in [3.8, 4) is 0 Å². The van der Waals surface area contributed by atoms with Crippen LogP contribution < -0.4 is 4.90 Å². The number of hydrogen-bond donors (Lipinski definition) is 0. The van der Waals surface area contributed by atoms with Crippen molar-refractivity contribution in [1.82, 2.24) is 0 Å². The molecule has 1 heterocycles. The first-order valence-corrected chi connectivity index (χ1v) is 9.02. The molecule has 3 nitrogen and oxygen atoms in total. The standard InChI is InChI=1S/C20H20FNO2/c21-11-7-9-12(10-8-11)22-19(23)17-15-5-1-3-13(15)14-4-2-6-16(14)18(17)20(22)24/h7-10,15-18H,1-6H2/t15-,16-,17-,18+/m0/s1. The number of allylic oxidation sites excluding steroid dienone is 2. The van der Waals surface area contributed by atoms with Gasteiger partial charge in [0.25, 0.3) is 0 Å². The first kappa shape index (κ1) is 14.4. The molecular weight excluding hydrogens is 305 g/mol. The van der Waals surface area contributed by atoms with Crippen LogP contribution in [-0.4, -0.2) is 11.8 Å². The number of halogens is 1. The van der Waals surface area contributed by atoms with E-state index in [1.807, 2.05) is 0 Å². The second-order valence-electron chi connectivity index (χ2n) is 7.59. The molecule has 0 N–H and O–H groups in total. The molecule has 0 spiro atoms. The van der Waals surface area contributed by atoms with E-state index in [4.69, 9.17) is 0 Å². The van der Waals surface area contributed by atoms with Gasteiger partial charge < -0.3 is 0 Å². The first-order chi connectivity index (χ1) is 11.7. The molecule has 0 bridgehead atoms. The zero-order valence-electron chi connectivity index (χ0n) is 13.5. The molecule has 2 amide bonds. The first-order valence-electron chi connectivity index (χ1n) is 9.02. The van der Waals surface area contributed by atoms with Gasteiger partial charge in [0.2, 0.25) is 11.8 Å². The maximum absolute atomic E-state index is 13.2. The van der Waals surface area contributed by atoms with Crippen molar-refractivity contribution < 1.29 is 14.0 Å². The number of benzene rings is 1. The van der Waals surface area contributed by atoms with Crippen molar-refractivity contribution in [2.75, 3.05) is 4.90 Å². The number of fused-ring (bicyclic) bond motifs is 5. The molecule has 0 unspecified atom stereocenters. The van der Waals surface area contributed by atoms with E-state index in [1.165, 1.54) is 28.2 Å². The van der Waals surface area contributed by atoms with E-state index in [1.54, 1.807) is 12.1 Å². The number of amides is 2. The topological polar surface area (TPSA) is 37.4 Å². The van der Waals surface area contributed by atoms with E-state index < -0.39 is 0 Å². The van der Waals surface area contributed by atoms with Crippen molar-refractivity contribution in [1.29, 1.82) is 0 Å². The number of carbonyl (C=O) groups excluding carboxylic acids is 2. The number of rotatable bonds is 1. The highest BCUT2D eigenvalue weighted by molar-refractivity contribution is 6.22. The highest BCUT2D eigenvalue weighted by Crippen LogP contribution is 2.57. The quantitative estimate of drug-likeness (QED) is 0.581. The van der Waals surface area contributed by atoms with Gasteiger partial charge in [-0.25, -0.2) is 4.39 Å². The highest BCUT2D eigenvalue weighted by Gasteiger charge is 2.59. The average molecular weight is 325 g/mol. The molecule has 1 aliphatic heterocycles. The third kappa shape index (κ3) is 1.77. The summed E-state index contributed by atoms with van der Waals surface area (Å²) in [6.07, 6.45) is 6.55. The van der Waals surface area contributed by atoms with Crippen LogP contribution in [0.5, 0.6) is 0 Å². The summed E-state index contributed by atoms with van der Waals surface area (Å²) >= 11 is 0. The Hall–Kier alpha value is -1.97. The molecule has 1 aromatic rings. The van der Waals surface area contributed by atoms with E-state index in [9.17, 15) is 14.0 Å². The highest BCUT2D eigenvalue weighted by atomic mass is 19.1. The largest absolute Gasteiger partial charge is 0.274 e. The lowest BCUT2D eigenvalue weighted by molar-refractivity contribution is -0.122.